The topological polar surface area (TPSA) is 0 Å². The molecule has 0 aliphatic rings. The van der Waals surface area contributed by atoms with E-state index in [1.807, 2.05) is 0 Å². The third-order valence-corrected chi connectivity index (χ3v) is 3.10. The minimum atomic E-state index is 0. The van der Waals surface area contributed by atoms with Gasteiger partial charge in [-0.2, -0.15) is 6.42 Å². The smallest absolute Gasteiger partial charge is 0.0412 e. The molecule has 0 aliphatic heterocycles. The van der Waals surface area contributed by atoms with Crippen molar-refractivity contribution in [3.63, 3.8) is 0 Å². The second-order valence-electron chi connectivity index (χ2n) is 3.52. The largest absolute Gasteiger partial charge is 0.343 e. The van der Waals surface area contributed by atoms with Crippen LogP contribution in [0.1, 0.15) is 46.0 Å². The molecule has 0 aromatic carbocycles. The van der Waals surface area contributed by atoms with Gasteiger partial charge in [0.2, 0.25) is 0 Å². The standard InChI is InChI=1S/C6H13.C5H13Si.Y/c1-3-5-6-4-2;1-4-5-6(2)3;/h1,3-6H2,2H3;4-5H2,1-3H3;/q-1;;. The Morgan fingerprint density at radius 1 is 1.00 bits per heavy atom. The average Bonchev–Trinajstić information content (AvgIpc) is 2.02. The van der Waals surface area contributed by atoms with E-state index >= 15 is 0 Å². The normalized spacial score (nSPS) is 8.77. The van der Waals surface area contributed by atoms with Gasteiger partial charge in [-0.25, -0.2) is 0 Å². The van der Waals surface area contributed by atoms with Crippen LogP contribution in [0.2, 0.25) is 19.1 Å². The molecule has 0 nitrogen and oxygen atoms in total. The summed E-state index contributed by atoms with van der Waals surface area (Å²) in [6, 6.07) is 1.48. The molecule has 0 heterocycles. The molecule has 13 heavy (non-hydrogen) atoms. The molecule has 0 saturated heterocycles. The van der Waals surface area contributed by atoms with E-state index in [0.29, 0.717) is 0 Å². The van der Waals surface area contributed by atoms with Crippen LogP contribution in [0.15, 0.2) is 0 Å². The average molecular weight is 275 g/mol. The SMILES string of the molecule is CCC[Si](C)C.[CH2-]CCCCC.[Y]. The Hall–Kier alpha value is 1.32. The van der Waals surface area contributed by atoms with Crippen molar-refractivity contribution in [2.75, 3.05) is 0 Å². The summed E-state index contributed by atoms with van der Waals surface area (Å²) in [7, 11) is 0.114. The van der Waals surface area contributed by atoms with Crippen molar-refractivity contribution < 1.29 is 32.7 Å². The van der Waals surface area contributed by atoms with Crippen molar-refractivity contribution in [3.05, 3.63) is 6.92 Å². The van der Waals surface area contributed by atoms with Crippen LogP contribution in [0, 0.1) is 6.92 Å². The minimum absolute atomic E-state index is 0. The Bertz CT molecular complexity index is 61.1. The second kappa shape index (κ2) is 19.0. The first-order chi connectivity index (χ1) is 5.68. The van der Waals surface area contributed by atoms with Gasteiger partial charge in [-0.1, -0.05) is 58.7 Å². The van der Waals surface area contributed by atoms with Crippen LogP contribution in [0.3, 0.4) is 0 Å². The number of hydrogen-bond acceptors (Lipinski definition) is 0. The summed E-state index contributed by atoms with van der Waals surface area (Å²) in [6.07, 6.45) is 6.45. The fraction of sp³-hybridized carbons (Fsp3) is 0.909. The molecule has 0 atom stereocenters. The molecule has 0 fully saturated rings. The van der Waals surface area contributed by atoms with Crippen LogP contribution in [0.5, 0.6) is 0 Å². The summed E-state index contributed by atoms with van der Waals surface area (Å²) in [5, 5.41) is 0. The Balaban J connectivity index is -0.000000143. The number of rotatable bonds is 5. The predicted molar refractivity (Wildman–Crippen MR) is 62.1 cm³/mol. The Morgan fingerprint density at radius 2 is 1.54 bits per heavy atom. The van der Waals surface area contributed by atoms with Crippen LogP contribution in [0.4, 0.5) is 0 Å². The summed E-state index contributed by atoms with van der Waals surface area (Å²) in [6.45, 7) is 12.9. The molecule has 0 saturated carbocycles. The molecule has 0 spiro atoms. The molecule has 0 aromatic rings. The zero-order chi connectivity index (χ0) is 9.82. The monoisotopic (exact) mass is 275 g/mol. The van der Waals surface area contributed by atoms with Crippen LogP contribution < -0.4 is 0 Å². The van der Waals surface area contributed by atoms with Crippen LogP contribution in [-0.2, 0) is 32.7 Å². The van der Waals surface area contributed by atoms with E-state index < -0.39 is 0 Å². The van der Waals surface area contributed by atoms with Crippen molar-refractivity contribution in [2.45, 2.75) is 65.1 Å². The Kier molecular flexibility index (Phi) is 29.0. The van der Waals surface area contributed by atoms with Crippen molar-refractivity contribution in [2.24, 2.45) is 0 Å². The van der Waals surface area contributed by atoms with Gasteiger partial charge in [0.05, 0.1) is 0 Å². The second-order valence-corrected chi connectivity index (χ2v) is 6.43. The van der Waals surface area contributed by atoms with E-state index in [0.717, 1.165) is 6.42 Å². The Labute approximate surface area is 113 Å². The molecule has 0 aromatic heterocycles. The third-order valence-electron chi connectivity index (χ3n) is 1.60. The first-order valence-corrected chi connectivity index (χ1v) is 7.97. The van der Waals surface area contributed by atoms with Gasteiger partial charge < -0.3 is 6.92 Å². The zero-order valence-electron chi connectivity index (χ0n) is 10.0. The molecule has 0 rings (SSSR count). The van der Waals surface area contributed by atoms with Crippen molar-refractivity contribution in [1.29, 1.82) is 0 Å². The van der Waals surface area contributed by atoms with Crippen molar-refractivity contribution >= 4 is 8.80 Å². The number of unbranched alkanes of at least 4 members (excludes halogenated alkanes) is 3. The van der Waals surface area contributed by atoms with Gasteiger partial charge in [-0.3, -0.25) is 0 Å². The molecule has 0 unspecified atom stereocenters. The summed E-state index contributed by atoms with van der Waals surface area (Å²) >= 11 is 0. The van der Waals surface area contributed by atoms with Gasteiger partial charge in [0.15, 0.2) is 0 Å². The predicted octanol–water partition coefficient (Wildman–Crippen LogP) is 4.55. The maximum absolute atomic E-state index is 3.72. The Morgan fingerprint density at radius 3 is 1.62 bits per heavy atom. The molecule has 0 bridgehead atoms. The van der Waals surface area contributed by atoms with E-state index in [-0.39, 0.29) is 41.5 Å². The molecule has 2 radical (unpaired) electrons. The maximum atomic E-state index is 3.72. The third kappa shape index (κ3) is 31.9. The van der Waals surface area contributed by atoms with E-state index in [4.69, 9.17) is 0 Å². The minimum Gasteiger partial charge on any atom is -0.343 e. The van der Waals surface area contributed by atoms with Crippen LogP contribution in [-0.4, -0.2) is 8.80 Å². The summed E-state index contributed by atoms with van der Waals surface area (Å²) < 4.78 is 0. The van der Waals surface area contributed by atoms with Gasteiger partial charge in [0.25, 0.3) is 0 Å². The van der Waals surface area contributed by atoms with Gasteiger partial charge >= 0.3 is 0 Å². The molecular formula is C11H26SiY-. The van der Waals surface area contributed by atoms with E-state index in [1.165, 1.54) is 31.7 Å². The zero-order valence-corrected chi connectivity index (χ0v) is 13.9. The van der Waals surface area contributed by atoms with Gasteiger partial charge in [0, 0.05) is 41.5 Å². The van der Waals surface area contributed by atoms with Gasteiger partial charge in [-0.05, 0) is 0 Å². The van der Waals surface area contributed by atoms with Gasteiger partial charge in [0.1, 0.15) is 0 Å². The van der Waals surface area contributed by atoms with E-state index in [1.54, 1.807) is 0 Å². The van der Waals surface area contributed by atoms with E-state index in [2.05, 4.69) is 33.9 Å². The van der Waals surface area contributed by atoms with Gasteiger partial charge in [-0.15, -0.1) is 0 Å². The molecule has 0 aliphatic carbocycles. The molecular weight excluding hydrogens is 249 g/mol. The quantitative estimate of drug-likeness (QED) is 0.392. The summed E-state index contributed by atoms with van der Waals surface area (Å²) in [5.74, 6) is 0. The van der Waals surface area contributed by atoms with Crippen molar-refractivity contribution in [1.82, 2.24) is 0 Å². The molecule has 78 valence electrons. The molecule has 0 amide bonds. The first kappa shape index (κ1) is 19.8. The van der Waals surface area contributed by atoms with Crippen LogP contribution in [0.25, 0.3) is 0 Å². The summed E-state index contributed by atoms with van der Waals surface area (Å²) in [5.41, 5.74) is 0. The molecule has 0 N–H and O–H groups in total. The number of hydrogen-bond donors (Lipinski definition) is 0. The fourth-order valence-corrected chi connectivity index (χ4v) is 1.93. The molecule has 2 heteroatoms. The first-order valence-electron chi connectivity index (χ1n) is 5.27. The van der Waals surface area contributed by atoms with E-state index in [9.17, 15) is 0 Å². The maximum Gasteiger partial charge on any atom is 0.0412 e. The summed E-state index contributed by atoms with van der Waals surface area (Å²) in [4.78, 5) is 0. The van der Waals surface area contributed by atoms with Crippen LogP contribution >= 0.6 is 0 Å². The fourth-order valence-electron chi connectivity index (χ4n) is 0.927. The van der Waals surface area contributed by atoms with Crippen molar-refractivity contribution in [3.8, 4) is 0 Å².